The van der Waals surface area contributed by atoms with Crippen molar-refractivity contribution < 1.29 is 14.1 Å². The Bertz CT molecular complexity index is 681. The van der Waals surface area contributed by atoms with Crippen molar-refractivity contribution in [2.24, 2.45) is 0 Å². The van der Waals surface area contributed by atoms with Gasteiger partial charge in [0.25, 0.3) is 5.91 Å². The highest BCUT2D eigenvalue weighted by Crippen LogP contribution is 2.30. The number of imide groups is 1. The molecule has 110 valence electrons. The largest absolute Gasteiger partial charge is 0.359 e. The lowest BCUT2D eigenvalue weighted by atomic mass is 10.0. The molecule has 0 aliphatic carbocycles. The summed E-state index contributed by atoms with van der Waals surface area (Å²) in [5, 5.41) is 8.89. The molecule has 1 unspecified atom stereocenters. The summed E-state index contributed by atoms with van der Waals surface area (Å²) in [4.78, 5) is 29.9. The first-order chi connectivity index (χ1) is 10.0. The number of thiazole rings is 1. The predicted molar refractivity (Wildman–Crippen MR) is 74.4 cm³/mol. The molecule has 3 heterocycles. The third-order valence-corrected chi connectivity index (χ3v) is 4.41. The molecule has 8 heteroatoms. The number of amides is 3. The van der Waals surface area contributed by atoms with E-state index in [-0.39, 0.29) is 12.5 Å². The van der Waals surface area contributed by atoms with Crippen LogP contribution in [0.3, 0.4) is 0 Å². The Balaban J connectivity index is 1.84. The first-order valence-electron chi connectivity index (χ1n) is 6.53. The lowest BCUT2D eigenvalue weighted by molar-refractivity contribution is -0.131. The molecule has 7 nitrogen and oxygen atoms in total. The molecule has 2 aromatic heterocycles. The third kappa shape index (κ3) is 2.21. The van der Waals surface area contributed by atoms with Crippen molar-refractivity contribution in [3.63, 3.8) is 0 Å². The summed E-state index contributed by atoms with van der Waals surface area (Å²) in [6.45, 7) is 3.68. The van der Waals surface area contributed by atoms with Gasteiger partial charge in [-0.1, -0.05) is 12.1 Å². The van der Waals surface area contributed by atoms with E-state index < -0.39 is 11.6 Å². The van der Waals surface area contributed by atoms with Crippen molar-refractivity contribution in [3.8, 4) is 0 Å². The van der Waals surface area contributed by atoms with Crippen molar-refractivity contribution in [2.75, 3.05) is 0 Å². The molecule has 21 heavy (non-hydrogen) atoms. The quantitative estimate of drug-likeness (QED) is 0.868. The van der Waals surface area contributed by atoms with Crippen molar-refractivity contribution in [1.82, 2.24) is 20.4 Å². The van der Waals surface area contributed by atoms with E-state index in [2.05, 4.69) is 15.5 Å². The molecule has 0 aromatic carbocycles. The van der Waals surface area contributed by atoms with E-state index >= 15 is 0 Å². The summed E-state index contributed by atoms with van der Waals surface area (Å²) in [5.74, 6) is 0.149. The van der Waals surface area contributed by atoms with Gasteiger partial charge < -0.3 is 9.84 Å². The fourth-order valence-electron chi connectivity index (χ4n) is 2.21. The SMILES string of the molecule is CCc1cc(CN2C(=O)NC(C)(c3nccs3)C2=O)on1. The Morgan fingerprint density at radius 3 is 2.90 bits per heavy atom. The second kappa shape index (κ2) is 4.96. The Labute approximate surface area is 124 Å². The van der Waals surface area contributed by atoms with Gasteiger partial charge in [-0.05, 0) is 13.3 Å². The van der Waals surface area contributed by atoms with Gasteiger partial charge in [0, 0.05) is 17.6 Å². The van der Waals surface area contributed by atoms with Crippen molar-refractivity contribution in [1.29, 1.82) is 0 Å². The molecule has 0 bridgehead atoms. The second-order valence-electron chi connectivity index (χ2n) is 4.92. The summed E-state index contributed by atoms with van der Waals surface area (Å²) in [6.07, 6.45) is 2.35. The number of aromatic nitrogens is 2. The summed E-state index contributed by atoms with van der Waals surface area (Å²) >= 11 is 1.33. The van der Waals surface area contributed by atoms with E-state index in [0.717, 1.165) is 17.0 Å². The Kier molecular flexibility index (Phi) is 3.25. The third-order valence-electron chi connectivity index (χ3n) is 3.42. The maximum Gasteiger partial charge on any atom is 0.325 e. The number of hydrogen-bond acceptors (Lipinski definition) is 6. The fourth-order valence-corrected chi connectivity index (χ4v) is 2.96. The molecule has 3 rings (SSSR count). The highest BCUT2D eigenvalue weighted by atomic mass is 32.1. The van der Waals surface area contributed by atoms with Gasteiger partial charge in [-0.3, -0.25) is 9.69 Å². The molecule has 1 atom stereocenters. The number of urea groups is 1. The highest BCUT2D eigenvalue weighted by Gasteiger charge is 2.50. The minimum Gasteiger partial charge on any atom is -0.359 e. The molecule has 1 aliphatic rings. The maximum atomic E-state index is 12.6. The number of carbonyl (C=O) groups excluding carboxylic acids is 2. The molecule has 1 aliphatic heterocycles. The highest BCUT2D eigenvalue weighted by molar-refractivity contribution is 7.09. The summed E-state index contributed by atoms with van der Waals surface area (Å²) in [6, 6.07) is 1.30. The maximum absolute atomic E-state index is 12.6. The van der Waals surface area contributed by atoms with Crippen LogP contribution in [0.1, 0.15) is 30.3 Å². The second-order valence-corrected chi connectivity index (χ2v) is 5.82. The molecule has 1 fully saturated rings. The molecule has 0 spiro atoms. The van der Waals surface area contributed by atoms with Gasteiger partial charge in [-0.2, -0.15) is 0 Å². The zero-order valence-corrected chi connectivity index (χ0v) is 12.4. The van der Waals surface area contributed by atoms with Crippen molar-refractivity contribution in [2.45, 2.75) is 32.4 Å². The van der Waals surface area contributed by atoms with Crippen LogP contribution in [0.4, 0.5) is 4.79 Å². The lowest BCUT2D eigenvalue weighted by Crippen LogP contribution is -2.40. The van der Waals surface area contributed by atoms with Crippen LogP contribution >= 0.6 is 11.3 Å². The molecule has 1 N–H and O–H groups in total. The molecule has 3 amide bonds. The van der Waals surface area contributed by atoms with Gasteiger partial charge >= 0.3 is 6.03 Å². The first-order valence-corrected chi connectivity index (χ1v) is 7.41. The van der Waals surface area contributed by atoms with E-state index in [1.54, 1.807) is 24.6 Å². The predicted octanol–water partition coefficient (Wildman–Crippen LogP) is 1.66. The smallest absolute Gasteiger partial charge is 0.325 e. The van der Waals surface area contributed by atoms with Gasteiger partial charge in [0.15, 0.2) is 11.3 Å². The van der Waals surface area contributed by atoms with Crippen LogP contribution in [0.2, 0.25) is 0 Å². The molecule has 1 saturated heterocycles. The normalized spacial score (nSPS) is 21.9. The minimum atomic E-state index is -1.11. The molecule has 0 radical (unpaired) electrons. The molecular weight excluding hydrogens is 292 g/mol. The number of nitrogens with one attached hydrogen (secondary N) is 1. The van der Waals surface area contributed by atoms with Crippen LogP contribution in [0.25, 0.3) is 0 Å². The van der Waals surface area contributed by atoms with E-state index in [9.17, 15) is 9.59 Å². The fraction of sp³-hybridized carbons (Fsp3) is 0.385. The zero-order chi connectivity index (χ0) is 15.0. The lowest BCUT2D eigenvalue weighted by Gasteiger charge is -2.18. The van der Waals surface area contributed by atoms with Gasteiger partial charge in [0.05, 0.1) is 12.2 Å². The molecular formula is C13H14N4O3S. The van der Waals surface area contributed by atoms with Crippen molar-refractivity contribution in [3.05, 3.63) is 34.1 Å². The number of aryl methyl sites for hydroxylation is 1. The zero-order valence-electron chi connectivity index (χ0n) is 11.6. The van der Waals surface area contributed by atoms with E-state index in [1.165, 1.54) is 11.3 Å². The molecule has 0 saturated carbocycles. The molecule has 2 aromatic rings. The summed E-state index contributed by atoms with van der Waals surface area (Å²) < 4.78 is 5.14. The van der Waals surface area contributed by atoms with Gasteiger partial charge in [-0.15, -0.1) is 11.3 Å². The summed E-state index contributed by atoms with van der Waals surface area (Å²) in [5.41, 5.74) is -0.321. The Morgan fingerprint density at radius 2 is 2.29 bits per heavy atom. The number of nitrogens with zero attached hydrogens (tertiary/aromatic N) is 3. The van der Waals surface area contributed by atoms with Gasteiger partial charge in [0.2, 0.25) is 0 Å². The minimum absolute atomic E-state index is 0.0681. The summed E-state index contributed by atoms with van der Waals surface area (Å²) in [7, 11) is 0. The van der Waals surface area contributed by atoms with E-state index in [0.29, 0.717) is 10.8 Å². The van der Waals surface area contributed by atoms with Crippen LogP contribution in [-0.4, -0.2) is 27.0 Å². The van der Waals surface area contributed by atoms with Crippen LogP contribution in [0, 0.1) is 0 Å². The van der Waals surface area contributed by atoms with Crippen LogP contribution < -0.4 is 5.32 Å². The Morgan fingerprint density at radius 1 is 1.48 bits per heavy atom. The van der Waals surface area contributed by atoms with Crippen LogP contribution in [-0.2, 0) is 23.3 Å². The number of carbonyl (C=O) groups is 2. The Hall–Kier alpha value is -2.22. The first kappa shape index (κ1) is 13.7. The monoisotopic (exact) mass is 306 g/mol. The standard InChI is InChI=1S/C13H14N4O3S/c1-3-8-6-9(20-16-8)7-17-11(18)13(2,15-12(17)19)10-14-4-5-21-10/h4-6H,3,7H2,1-2H3,(H,15,19). The average molecular weight is 306 g/mol. The number of rotatable bonds is 4. The van der Waals surface area contributed by atoms with Gasteiger partial charge in [-0.25, -0.2) is 9.78 Å². The van der Waals surface area contributed by atoms with E-state index in [4.69, 9.17) is 4.52 Å². The van der Waals surface area contributed by atoms with Crippen LogP contribution in [0.5, 0.6) is 0 Å². The van der Waals surface area contributed by atoms with Crippen LogP contribution in [0.15, 0.2) is 22.2 Å². The van der Waals surface area contributed by atoms with Gasteiger partial charge in [0.1, 0.15) is 5.01 Å². The number of hydrogen-bond donors (Lipinski definition) is 1. The van der Waals surface area contributed by atoms with E-state index in [1.807, 2.05) is 6.92 Å². The van der Waals surface area contributed by atoms with Crippen molar-refractivity contribution >= 4 is 23.3 Å². The topological polar surface area (TPSA) is 88.3 Å². The average Bonchev–Trinajstić information content (AvgIpc) is 3.17.